The van der Waals surface area contributed by atoms with Crippen LogP contribution >= 0.6 is 0 Å². The van der Waals surface area contributed by atoms with Gasteiger partial charge in [0, 0.05) is 17.5 Å². The zero-order chi connectivity index (χ0) is 23.2. The highest BCUT2D eigenvalue weighted by molar-refractivity contribution is 6.09. The Labute approximate surface area is 183 Å². The molecule has 1 aromatic heterocycles. The summed E-state index contributed by atoms with van der Waals surface area (Å²) in [6.45, 7) is 8.98. The highest BCUT2D eigenvalue weighted by atomic mass is 16.5. The molecule has 1 atom stereocenters. The minimum Gasteiger partial charge on any atom is -0.506 e. The van der Waals surface area contributed by atoms with Crippen molar-refractivity contribution in [3.63, 3.8) is 0 Å². The first kappa shape index (κ1) is 21.4. The number of rotatable bonds is 5. The first-order valence-electron chi connectivity index (χ1n) is 10.1. The van der Waals surface area contributed by atoms with E-state index in [-0.39, 0.29) is 34.5 Å². The molecular formula is C25H22O7. The number of aryl methyl sites for hydroxylation is 1. The van der Waals surface area contributed by atoms with Gasteiger partial charge in [-0.3, -0.25) is 9.59 Å². The molecule has 0 aliphatic carbocycles. The van der Waals surface area contributed by atoms with E-state index in [0.29, 0.717) is 23.5 Å². The maximum Gasteiger partial charge on any atom is 0.336 e. The molecule has 7 nitrogen and oxygen atoms in total. The maximum absolute atomic E-state index is 12.5. The van der Waals surface area contributed by atoms with Crippen LogP contribution in [0.25, 0.3) is 11.0 Å². The van der Waals surface area contributed by atoms with Crippen molar-refractivity contribution in [3.05, 3.63) is 75.2 Å². The summed E-state index contributed by atoms with van der Waals surface area (Å²) in [4.78, 5) is 37.0. The number of ketones is 1. The van der Waals surface area contributed by atoms with Crippen LogP contribution in [0.4, 0.5) is 0 Å². The van der Waals surface area contributed by atoms with Crippen molar-refractivity contribution >= 4 is 22.7 Å². The molecule has 4 rings (SSSR count). The second-order valence-electron chi connectivity index (χ2n) is 8.02. The molecule has 2 aromatic carbocycles. The second-order valence-corrected chi connectivity index (χ2v) is 8.02. The van der Waals surface area contributed by atoms with E-state index in [1.54, 1.807) is 31.2 Å². The molecule has 1 aliphatic heterocycles. The lowest BCUT2D eigenvalue weighted by molar-refractivity contribution is -0.135. The van der Waals surface area contributed by atoms with Crippen LogP contribution in [0.1, 0.15) is 53.2 Å². The predicted octanol–water partition coefficient (Wildman–Crippen LogP) is 4.41. The van der Waals surface area contributed by atoms with Gasteiger partial charge in [0.05, 0.1) is 11.8 Å². The number of carbonyl (C=O) groups excluding carboxylic acids is 2. The van der Waals surface area contributed by atoms with Crippen LogP contribution < -0.4 is 15.1 Å². The Hall–Kier alpha value is -3.87. The molecule has 0 fully saturated rings. The van der Waals surface area contributed by atoms with Crippen molar-refractivity contribution in [2.24, 2.45) is 0 Å². The van der Waals surface area contributed by atoms with E-state index < -0.39 is 23.3 Å². The van der Waals surface area contributed by atoms with E-state index in [0.717, 1.165) is 11.1 Å². The van der Waals surface area contributed by atoms with Crippen LogP contribution in [0.15, 0.2) is 51.7 Å². The molecule has 164 valence electrons. The smallest absolute Gasteiger partial charge is 0.336 e. The average molecular weight is 434 g/mol. The summed E-state index contributed by atoms with van der Waals surface area (Å²) in [7, 11) is 0. The van der Waals surface area contributed by atoms with Gasteiger partial charge in [0.1, 0.15) is 29.3 Å². The Morgan fingerprint density at radius 1 is 1.22 bits per heavy atom. The van der Waals surface area contributed by atoms with Crippen molar-refractivity contribution in [2.45, 2.75) is 33.1 Å². The molecule has 1 aliphatic rings. The van der Waals surface area contributed by atoms with Crippen molar-refractivity contribution < 1.29 is 28.6 Å². The molecule has 32 heavy (non-hydrogen) atoms. The van der Waals surface area contributed by atoms with E-state index in [1.165, 1.54) is 13.0 Å². The molecule has 0 saturated carbocycles. The molecule has 7 heteroatoms. The Kier molecular flexibility index (Phi) is 5.34. The summed E-state index contributed by atoms with van der Waals surface area (Å²) in [6.07, 6.45) is -0.0200. The molecule has 0 saturated heterocycles. The number of hydrogen-bond acceptors (Lipinski definition) is 7. The fourth-order valence-corrected chi connectivity index (χ4v) is 4.02. The van der Waals surface area contributed by atoms with Gasteiger partial charge in [0.2, 0.25) is 0 Å². The van der Waals surface area contributed by atoms with Crippen molar-refractivity contribution in [2.75, 3.05) is 6.61 Å². The Morgan fingerprint density at radius 3 is 2.53 bits per heavy atom. The van der Waals surface area contributed by atoms with Gasteiger partial charge in [-0.2, -0.15) is 0 Å². The van der Waals surface area contributed by atoms with Gasteiger partial charge < -0.3 is 19.0 Å². The largest absolute Gasteiger partial charge is 0.506 e. The van der Waals surface area contributed by atoms with E-state index in [9.17, 15) is 19.5 Å². The van der Waals surface area contributed by atoms with Crippen LogP contribution in [0.3, 0.4) is 0 Å². The van der Waals surface area contributed by atoms with Gasteiger partial charge in [0.25, 0.3) is 0 Å². The molecule has 3 aromatic rings. The Morgan fingerprint density at radius 2 is 1.91 bits per heavy atom. The number of fused-ring (bicyclic) bond motifs is 3. The number of benzene rings is 2. The van der Waals surface area contributed by atoms with Gasteiger partial charge >= 0.3 is 11.6 Å². The van der Waals surface area contributed by atoms with Gasteiger partial charge in [-0.1, -0.05) is 18.7 Å². The third-order valence-corrected chi connectivity index (χ3v) is 5.40. The number of hydrogen-bond donors (Lipinski definition) is 1. The van der Waals surface area contributed by atoms with E-state index in [4.69, 9.17) is 13.9 Å². The topological polar surface area (TPSA) is 103 Å². The quantitative estimate of drug-likeness (QED) is 0.209. The number of esters is 1. The lowest BCUT2D eigenvalue weighted by atomic mass is 9.83. The number of ether oxygens (including phenoxy) is 2. The van der Waals surface area contributed by atoms with E-state index in [1.807, 2.05) is 6.92 Å². The van der Waals surface area contributed by atoms with E-state index >= 15 is 0 Å². The SMILES string of the molecule is C=C(C)COc1ccc(C2CC(=O)Oc3c(C(C)=O)c(O)c4c(C)cc(=O)oc4c32)cc1. The summed E-state index contributed by atoms with van der Waals surface area (Å²) >= 11 is 0. The monoisotopic (exact) mass is 434 g/mol. The molecule has 2 heterocycles. The number of aromatic hydroxyl groups is 1. The predicted molar refractivity (Wildman–Crippen MR) is 118 cm³/mol. The summed E-state index contributed by atoms with van der Waals surface area (Å²) in [5, 5.41) is 11.1. The summed E-state index contributed by atoms with van der Waals surface area (Å²) in [6, 6.07) is 8.40. The highest BCUT2D eigenvalue weighted by Gasteiger charge is 2.37. The number of Topliss-reactive ketones (excluding diaryl/α,β-unsaturated/α-hetero) is 1. The molecule has 1 N–H and O–H groups in total. The van der Waals surface area contributed by atoms with Crippen LogP contribution in [0.2, 0.25) is 0 Å². The minimum absolute atomic E-state index is 0.0200. The second kappa shape index (κ2) is 8.00. The Bertz CT molecular complexity index is 1330. The standard InChI is InChI=1S/C25H22O7/c1-12(2)11-30-16-7-5-15(6-8-16)17-10-19(28)32-25-21(14(4)26)23(29)20-13(3)9-18(27)31-24(20)22(17)25/h5-9,17,29H,1,10-11H2,2-4H3. The first-order valence-corrected chi connectivity index (χ1v) is 10.1. The number of carbonyl (C=O) groups is 2. The summed E-state index contributed by atoms with van der Waals surface area (Å²) in [5.74, 6) is -1.38. The molecule has 1 unspecified atom stereocenters. The van der Waals surface area contributed by atoms with Crippen LogP contribution in [0.5, 0.6) is 17.2 Å². The zero-order valence-corrected chi connectivity index (χ0v) is 18.0. The highest BCUT2D eigenvalue weighted by Crippen LogP contribution is 2.49. The summed E-state index contributed by atoms with van der Waals surface area (Å²) < 4.78 is 16.5. The first-order chi connectivity index (χ1) is 15.2. The third-order valence-electron chi connectivity index (χ3n) is 5.40. The number of phenols is 1. The maximum atomic E-state index is 12.5. The minimum atomic E-state index is -0.605. The van der Waals surface area contributed by atoms with Crippen molar-refractivity contribution in [3.8, 4) is 17.2 Å². The van der Waals surface area contributed by atoms with Crippen LogP contribution in [-0.4, -0.2) is 23.5 Å². The summed E-state index contributed by atoms with van der Waals surface area (Å²) in [5.41, 5.74) is 1.86. The third kappa shape index (κ3) is 3.66. The van der Waals surface area contributed by atoms with Crippen LogP contribution in [-0.2, 0) is 4.79 Å². The van der Waals surface area contributed by atoms with Gasteiger partial charge in [-0.05, 0) is 49.6 Å². The van der Waals surface area contributed by atoms with Gasteiger partial charge in [-0.25, -0.2) is 4.79 Å². The normalized spacial score (nSPS) is 15.2. The average Bonchev–Trinajstić information content (AvgIpc) is 2.71. The molecule has 0 radical (unpaired) electrons. The van der Waals surface area contributed by atoms with Gasteiger partial charge in [0.15, 0.2) is 11.5 Å². The van der Waals surface area contributed by atoms with Crippen molar-refractivity contribution in [1.29, 1.82) is 0 Å². The fourth-order valence-electron chi connectivity index (χ4n) is 4.02. The van der Waals surface area contributed by atoms with Crippen LogP contribution in [0, 0.1) is 6.92 Å². The zero-order valence-electron chi connectivity index (χ0n) is 18.0. The van der Waals surface area contributed by atoms with Crippen molar-refractivity contribution in [1.82, 2.24) is 0 Å². The molecular weight excluding hydrogens is 412 g/mol. The van der Waals surface area contributed by atoms with E-state index in [2.05, 4.69) is 6.58 Å². The fraction of sp³-hybridized carbons (Fsp3) is 0.240. The number of phenolic OH excluding ortho intramolecular Hbond substituents is 1. The molecule has 0 bridgehead atoms. The lowest BCUT2D eigenvalue weighted by Gasteiger charge is -2.28. The Balaban J connectivity index is 1.96. The lowest BCUT2D eigenvalue weighted by Crippen LogP contribution is -2.23. The van der Waals surface area contributed by atoms with Gasteiger partial charge in [-0.15, -0.1) is 0 Å². The molecule has 0 spiro atoms. The molecule has 0 amide bonds.